The molecule has 0 bridgehead atoms. The van der Waals surface area contributed by atoms with E-state index in [4.69, 9.17) is 0 Å². The van der Waals surface area contributed by atoms with Gasteiger partial charge in [-0.3, -0.25) is 0 Å². The number of hydrogen-bond acceptors (Lipinski definition) is 3. The zero-order valence-electron chi connectivity index (χ0n) is 26.7. The minimum atomic E-state index is 0.557. The third-order valence-electron chi connectivity index (χ3n) is 9.60. The average Bonchev–Trinajstić information content (AvgIpc) is 3.70. The van der Waals surface area contributed by atoms with E-state index in [2.05, 4.69) is 118 Å². The fourth-order valence-electron chi connectivity index (χ4n) is 7.40. The summed E-state index contributed by atoms with van der Waals surface area (Å²) >= 11 is 0. The Bertz CT molecular complexity index is 2830. The van der Waals surface area contributed by atoms with Gasteiger partial charge in [-0.15, -0.1) is 0 Å². The van der Waals surface area contributed by atoms with Gasteiger partial charge in [0, 0.05) is 44.0 Å². The molecule has 0 aliphatic heterocycles. The molecule has 2 heterocycles. The van der Waals surface area contributed by atoms with Gasteiger partial charge in [0.2, 0.25) is 0 Å². The number of hydrogen-bond donors (Lipinski definition) is 0. The molecule has 0 saturated carbocycles. The van der Waals surface area contributed by atoms with Crippen LogP contribution in [0.5, 0.6) is 0 Å². The molecular weight excluding hydrogens is 611 g/mol. The Morgan fingerprint density at radius 3 is 1.44 bits per heavy atom. The number of aromatic nitrogens is 2. The SMILES string of the molecule is N#Cc1ccc2c(c1)c1cc(C#N)ccc1n2-c1cccc(-c2cc(-n3c4ccccc4c4ccccc43)cc(-c3ccccc3)c2C#N)c1. The number of rotatable bonds is 4. The molecule has 0 unspecified atom stereocenters. The van der Waals surface area contributed by atoms with Crippen LogP contribution < -0.4 is 0 Å². The van der Waals surface area contributed by atoms with Crippen molar-refractivity contribution in [3.05, 3.63) is 168 Å². The summed E-state index contributed by atoms with van der Waals surface area (Å²) in [5.41, 5.74) is 11.2. The van der Waals surface area contributed by atoms with Gasteiger partial charge < -0.3 is 9.13 Å². The Balaban J connectivity index is 1.33. The summed E-state index contributed by atoms with van der Waals surface area (Å²) in [5.74, 6) is 0. The molecule has 0 N–H and O–H groups in total. The van der Waals surface area contributed by atoms with Gasteiger partial charge in [-0.2, -0.15) is 15.8 Å². The van der Waals surface area contributed by atoms with Crippen LogP contribution in [0.2, 0.25) is 0 Å². The highest BCUT2D eigenvalue weighted by Gasteiger charge is 2.20. The molecule has 0 amide bonds. The first-order valence-corrected chi connectivity index (χ1v) is 16.3. The maximum Gasteiger partial charge on any atom is 0.100 e. The topological polar surface area (TPSA) is 81.2 Å². The standard InChI is InChI=1S/C45H25N5/c46-26-29-17-19-44-39(21-29)40-22-30(27-47)18-20-45(40)49(44)33-12-8-11-32(23-33)38-25-34(24-37(41(38)28-48)31-9-2-1-3-10-31)50-42-15-6-4-13-35(42)36-14-5-7-16-43(36)50/h1-25H. The van der Waals surface area contributed by atoms with Gasteiger partial charge in [-0.1, -0.05) is 78.9 Å². The van der Waals surface area contributed by atoms with Crippen LogP contribution in [-0.2, 0) is 0 Å². The molecule has 5 heteroatoms. The van der Waals surface area contributed by atoms with E-state index in [1.54, 1.807) is 0 Å². The average molecular weight is 636 g/mol. The quantitative estimate of drug-likeness (QED) is 0.193. The zero-order chi connectivity index (χ0) is 33.8. The maximum absolute atomic E-state index is 10.8. The molecule has 0 spiro atoms. The largest absolute Gasteiger partial charge is 0.309 e. The number of benzene rings is 7. The van der Waals surface area contributed by atoms with Crippen molar-refractivity contribution in [1.82, 2.24) is 9.13 Å². The molecule has 0 aliphatic carbocycles. The minimum Gasteiger partial charge on any atom is -0.309 e. The van der Waals surface area contributed by atoms with E-state index >= 15 is 0 Å². The smallest absolute Gasteiger partial charge is 0.100 e. The van der Waals surface area contributed by atoms with Gasteiger partial charge >= 0.3 is 0 Å². The molecule has 0 aliphatic rings. The summed E-state index contributed by atoms with van der Waals surface area (Å²) < 4.78 is 4.45. The van der Waals surface area contributed by atoms with Crippen molar-refractivity contribution >= 4 is 43.6 Å². The van der Waals surface area contributed by atoms with E-state index < -0.39 is 0 Å². The number of para-hydroxylation sites is 2. The molecule has 7 aromatic carbocycles. The van der Waals surface area contributed by atoms with Crippen LogP contribution >= 0.6 is 0 Å². The first kappa shape index (κ1) is 28.8. The molecule has 0 atom stereocenters. The van der Waals surface area contributed by atoms with E-state index in [9.17, 15) is 15.8 Å². The van der Waals surface area contributed by atoms with Gasteiger partial charge in [0.1, 0.15) is 6.07 Å². The lowest BCUT2D eigenvalue weighted by Crippen LogP contribution is -2.00. The summed E-state index contributed by atoms with van der Waals surface area (Å²) in [6.45, 7) is 0. The second-order valence-corrected chi connectivity index (χ2v) is 12.3. The second kappa shape index (κ2) is 11.4. The fraction of sp³-hybridized carbons (Fsp3) is 0. The van der Waals surface area contributed by atoms with E-state index in [0.29, 0.717) is 16.7 Å². The lowest BCUT2D eigenvalue weighted by molar-refractivity contribution is 1.17. The van der Waals surface area contributed by atoms with Gasteiger partial charge in [0.15, 0.2) is 0 Å². The molecule has 5 nitrogen and oxygen atoms in total. The third kappa shape index (κ3) is 4.38. The third-order valence-corrected chi connectivity index (χ3v) is 9.60. The van der Waals surface area contributed by atoms with Crippen molar-refractivity contribution in [2.45, 2.75) is 0 Å². The zero-order valence-corrected chi connectivity index (χ0v) is 26.7. The van der Waals surface area contributed by atoms with Crippen molar-refractivity contribution < 1.29 is 0 Å². The maximum atomic E-state index is 10.8. The first-order chi connectivity index (χ1) is 24.7. The van der Waals surface area contributed by atoms with Crippen LogP contribution in [0.15, 0.2) is 152 Å². The van der Waals surface area contributed by atoms with Crippen molar-refractivity contribution in [2.24, 2.45) is 0 Å². The van der Waals surface area contributed by atoms with Crippen LogP contribution in [0.4, 0.5) is 0 Å². The molecule has 50 heavy (non-hydrogen) atoms. The monoisotopic (exact) mass is 635 g/mol. The highest BCUT2D eigenvalue weighted by Crippen LogP contribution is 2.40. The Labute approximate surface area is 287 Å². The summed E-state index contributed by atoms with van der Waals surface area (Å²) in [6.07, 6.45) is 0. The summed E-state index contributed by atoms with van der Waals surface area (Å²) in [4.78, 5) is 0. The summed E-state index contributed by atoms with van der Waals surface area (Å²) in [5, 5.41) is 34.3. The van der Waals surface area contributed by atoms with Crippen LogP contribution in [0, 0.1) is 34.0 Å². The Hall–Kier alpha value is -7.39. The van der Waals surface area contributed by atoms with Crippen LogP contribution in [0.1, 0.15) is 16.7 Å². The van der Waals surface area contributed by atoms with Gasteiger partial charge in [-0.25, -0.2) is 0 Å². The van der Waals surface area contributed by atoms with E-state index in [-0.39, 0.29) is 0 Å². The Morgan fingerprint density at radius 1 is 0.360 bits per heavy atom. The van der Waals surface area contributed by atoms with Gasteiger partial charge in [-0.05, 0) is 83.9 Å². The molecule has 230 valence electrons. The lowest BCUT2D eigenvalue weighted by atomic mass is 9.91. The first-order valence-electron chi connectivity index (χ1n) is 16.3. The predicted molar refractivity (Wildman–Crippen MR) is 200 cm³/mol. The summed E-state index contributed by atoms with van der Waals surface area (Å²) in [7, 11) is 0. The molecule has 0 saturated heterocycles. The van der Waals surface area contributed by atoms with Crippen molar-refractivity contribution in [3.63, 3.8) is 0 Å². The van der Waals surface area contributed by atoms with Gasteiger partial charge in [0.05, 0.1) is 50.9 Å². The fourth-order valence-corrected chi connectivity index (χ4v) is 7.40. The Morgan fingerprint density at radius 2 is 0.860 bits per heavy atom. The van der Waals surface area contributed by atoms with Crippen molar-refractivity contribution in [1.29, 1.82) is 15.8 Å². The van der Waals surface area contributed by atoms with E-state index in [0.717, 1.165) is 66.5 Å². The molecule has 0 fully saturated rings. The highest BCUT2D eigenvalue weighted by atomic mass is 15.0. The summed E-state index contributed by atoms with van der Waals surface area (Å²) in [6, 6.07) is 57.9. The van der Waals surface area contributed by atoms with Crippen LogP contribution in [0.3, 0.4) is 0 Å². The van der Waals surface area contributed by atoms with E-state index in [1.165, 1.54) is 10.8 Å². The Kier molecular flexibility index (Phi) is 6.56. The molecule has 9 rings (SSSR count). The predicted octanol–water partition coefficient (Wildman–Crippen LogP) is 10.8. The highest BCUT2D eigenvalue weighted by molar-refractivity contribution is 6.11. The second-order valence-electron chi connectivity index (χ2n) is 12.3. The van der Waals surface area contributed by atoms with Crippen molar-refractivity contribution in [2.75, 3.05) is 0 Å². The van der Waals surface area contributed by atoms with Crippen LogP contribution in [0.25, 0.3) is 77.2 Å². The molecule has 9 aromatic rings. The normalized spacial score (nSPS) is 11.1. The number of nitriles is 3. The molecule has 0 radical (unpaired) electrons. The van der Waals surface area contributed by atoms with Crippen molar-refractivity contribution in [3.8, 4) is 51.8 Å². The lowest BCUT2D eigenvalue weighted by Gasteiger charge is -2.17. The molecule has 2 aromatic heterocycles. The number of fused-ring (bicyclic) bond motifs is 6. The van der Waals surface area contributed by atoms with E-state index in [1.807, 2.05) is 60.7 Å². The van der Waals surface area contributed by atoms with Crippen LogP contribution in [-0.4, -0.2) is 9.13 Å². The van der Waals surface area contributed by atoms with Gasteiger partial charge in [0.25, 0.3) is 0 Å². The molecular formula is C45H25N5. The number of nitrogens with zero attached hydrogens (tertiary/aromatic N) is 5. The minimum absolute atomic E-state index is 0.557.